The number of benzene rings is 5. The summed E-state index contributed by atoms with van der Waals surface area (Å²) in [7, 11) is -0.373. The smallest absolute Gasteiger partial charge is 0.497 e. The molecule has 11 rings (SSSR count). The minimum Gasteiger partial charge on any atom is -0.497 e. The molecular formula is C59H53F2N10O13P2S+. The Hall–Kier alpha value is -8.41. The van der Waals surface area contributed by atoms with Crippen LogP contribution in [-0.4, -0.2) is 128 Å². The summed E-state index contributed by atoms with van der Waals surface area (Å²) in [6.45, 7) is 1.32. The minimum absolute atomic E-state index is 0.0210. The molecule has 2 aliphatic rings. The van der Waals surface area contributed by atoms with Crippen LogP contribution in [0.25, 0.3) is 27.0 Å². The third-order valence-electron chi connectivity index (χ3n) is 14.4. The van der Waals surface area contributed by atoms with Gasteiger partial charge < -0.3 is 52.8 Å². The molecule has 10 atom stereocenters. The van der Waals surface area contributed by atoms with Gasteiger partial charge in [-0.1, -0.05) is 91.0 Å². The molecule has 0 aliphatic carbocycles. The molecule has 6 heterocycles. The summed E-state index contributed by atoms with van der Waals surface area (Å²) in [6.07, 6.45) is -9.05. The number of rotatable bonds is 24. The van der Waals surface area contributed by atoms with Gasteiger partial charge in [0.15, 0.2) is 47.9 Å². The van der Waals surface area contributed by atoms with E-state index in [1.54, 1.807) is 99.1 Å². The quantitative estimate of drug-likeness (QED) is 0.0220. The summed E-state index contributed by atoms with van der Waals surface area (Å²) in [5, 5.41) is 5.80. The maximum atomic E-state index is 18.2. The van der Waals surface area contributed by atoms with Crippen molar-refractivity contribution in [1.82, 2.24) is 34.1 Å². The first-order valence-corrected chi connectivity index (χ1v) is 30.5. The molecule has 87 heavy (non-hydrogen) atoms. The number of imidazole rings is 1. The lowest BCUT2D eigenvalue weighted by molar-refractivity contribution is -0.0932. The normalized spacial score (nSPS) is 21.0. The van der Waals surface area contributed by atoms with Crippen LogP contribution in [-0.2, 0) is 54.3 Å². The first-order valence-electron chi connectivity index (χ1n) is 26.8. The highest BCUT2D eigenvalue weighted by atomic mass is 32.5. The lowest BCUT2D eigenvalue weighted by atomic mass is 9.80. The van der Waals surface area contributed by atoms with Gasteiger partial charge in [-0.3, -0.25) is 18.7 Å². The first kappa shape index (κ1) is 60.3. The highest BCUT2D eigenvalue weighted by Gasteiger charge is 2.55. The van der Waals surface area contributed by atoms with E-state index in [1.807, 2.05) is 54.6 Å². The van der Waals surface area contributed by atoms with Gasteiger partial charge in [-0.05, 0) is 83.1 Å². The van der Waals surface area contributed by atoms with Crippen LogP contribution >= 0.6 is 15.0 Å². The van der Waals surface area contributed by atoms with E-state index in [2.05, 4.69) is 40.4 Å². The molecule has 2 unspecified atom stereocenters. The number of hydrogen-bond donors (Lipinski definition) is 3. The van der Waals surface area contributed by atoms with Crippen molar-refractivity contribution in [3.63, 3.8) is 0 Å². The van der Waals surface area contributed by atoms with Gasteiger partial charge in [0.05, 0.1) is 39.1 Å². The topological polar surface area (TPSA) is 257 Å². The van der Waals surface area contributed by atoms with Gasteiger partial charge in [-0.25, -0.2) is 40.3 Å². The van der Waals surface area contributed by atoms with Crippen LogP contribution in [0.2, 0.25) is 0 Å². The summed E-state index contributed by atoms with van der Waals surface area (Å²) >= 11 is 6.07. The number of halogens is 2. The predicted molar refractivity (Wildman–Crippen MR) is 315 cm³/mol. The van der Waals surface area contributed by atoms with Crippen LogP contribution in [0.5, 0.6) is 11.5 Å². The number of ether oxygens (including phenoxy) is 5. The number of alkyl halides is 2. The van der Waals surface area contributed by atoms with Crippen molar-refractivity contribution in [1.29, 1.82) is 0 Å². The van der Waals surface area contributed by atoms with Gasteiger partial charge >= 0.3 is 15.0 Å². The Kier molecular flexibility index (Phi) is 18.5. The number of methoxy groups -OCH3 is 2. The van der Waals surface area contributed by atoms with E-state index in [0.29, 0.717) is 44.7 Å². The molecule has 2 aliphatic heterocycles. The summed E-state index contributed by atoms with van der Waals surface area (Å²) < 4.78 is 106. The number of nitrogens with one attached hydrogen (secondary N) is 2. The third kappa shape index (κ3) is 12.7. The van der Waals surface area contributed by atoms with Gasteiger partial charge in [-0.15, -0.1) is 9.42 Å². The maximum absolute atomic E-state index is 18.2. The standard InChI is InChI=1S/C59H52F2N10O13P2S/c1-62-28-30-79-86(87,80-32-45-49(83-85(74)75)46(60)57(82-45)70-29-27-43-51(63-33-65-53(43)70)68-55(72)36-13-7-4-8-14-36)84-50-44(81-58(47(50)61)71-35-67-48-52(64-34-66-54(48)71)69-56(73)37-15-9-5-10-16-37)31-78-59(38-17-11-6-12-18-38,39-19-23-41(76-2)24-20-39)40-21-25-42(77-3)26-22-40/h4-27,29,33-35,44-47,49-50,57-58H,28,30-32H2,2-3H3,(H2-,63,64,65,66,68,69,72,73,74,75)/p+1/t44-,45-,46-,47-,49-,50-,57-,58-,86?/m1/s1. The van der Waals surface area contributed by atoms with Gasteiger partial charge in [0.1, 0.15) is 66.1 Å². The zero-order chi connectivity index (χ0) is 60.7. The molecule has 23 nitrogen and oxygen atoms in total. The van der Waals surface area contributed by atoms with Crippen LogP contribution in [0.15, 0.2) is 171 Å². The monoisotopic (exact) mass is 1240 g/mol. The van der Waals surface area contributed by atoms with Crippen molar-refractivity contribution in [2.24, 2.45) is 0 Å². The number of anilines is 2. The molecular weight excluding hydrogens is 1190 g/mol. The van der Waals surface area contributed by atoms with E-state index >= 15 is 8.78 Å². The Balaban J connectivity index is 0.938. The minimum atomic E-state index is -4.40. The van der Waals surface area contributed by atoms with Gasteiger partial charge in [0.25, 0.3) is 11.8 Å². The molecule has 0 radical (unpaired) electrons. The Labute approximate surface area is 501 Å². The van der Waals surface area contributed by atoms with E-state index < -0.39 is 94.8 Å². The van der Waals surface area contributed by atoms with Crippen LogP contribution in [0.4, 0.5) is 20.4 Å². The van der Waals surface area contributed by atoms with Crippen molar-refractivity contribution < 1.29 is 69.6 Å². The second-order valence-electron chi connectivity index (χ2n) is 19.5. The van der Waals surface area contributed by atoms with E-state index in [-0.39, 0.29) is 41.6 Å². The first-order chi connectivity index (χ1) is 42.3. The van der Waals surface area contributed by atoms with Crippen molar-refractivity contribution in [3.05, 3.63) is 210 Å². The fourth-order valence-corrected chi connectivity index (χ4v) is 12.8. The molecule has 0 saturated carbocycles. The lowest BCUT2D eigenvalue weighted by Crippen LogP contribution is -2.40. The summed E-state index contributed by atoms with van der Waals surface area (Å²) in [4.78, 5) is 61.8. The van der Waals surface area contributed by atoms with Crippen molar-refractivity contribution in [2.45, 2.75) is 54.8 Å². The molecule has 5 aromatic carbocycles. The molecule has 2 fully saturated rings. The predicted octanol–water partition coefficient (Wildman–Crippen LogP) is 9.87. The highest BCUT2D eigenvalue weighted by Crippen LogP contribution is 2.56. The lowest BCUT2D eigenvalue weighted by Gasteiger charge is -2.37. The molecule has 446 valence electrons. The molecule has 3 N–H and O–H groups in total. The highest BCUT2D eigenvalue weighted by molar-refractivity contribution is 8.07. The zero-order valence-electron chi connectivity index (χ0n) is 46.1. The van der Waals surface area contributed by atoms with Gasteiger partial charge in [0, 0.05) is 21.9 Å². The number of nitrogens with zero attached hydrogens (tertiary/aromatic N) is 8. The number of hydrogen-bond acceptors (Lipinski definition) is 18. The average molecular weight is 1240 g/mol. The van der Waals surface area contributed by atoms with Gasteiger partial charge in [-0.2, -0.15) is 0 Å². The van der Waals surface area contributed by atoms with E-state index in [1.165, 1.54) is 34.1 Å². The summed E-state index contributed by atoms with van der Waals surface area (Å²) in [5.41, 5.74) is 1.37. The number of fused-ring (bicyclic) bond motifs is 2. The van der Waals surface area contributed by atoms with Crippen LogP contribution in [0.1, 0.15) is 49.9 Å². The molecule has 4 aromatic heterocycles. The Morgan fingerprint density at radius 3 is 1.80 bits per heavy atom. The van der Waals surface area contributed by atoms with E-state index in [0.717, 1.165) is 6.33 Å². The molecule has 0 bridgehead atoms. The summed E-state index contributed by atoms with van der Waals surface area (Å²) in [5.74, 6) is 0.285. The maximum Gasteiger partial charge on any atom is 0.695 e. The molecule has 2 amide bonds. The van der Waals surface area contributed by atoms with Gasteiger partial charge in [0.2, 0.25) is 6.54 Å². The van der Waals surface area contributed by atoms with Crippen molar-refractivity contribution in [2.75, 3.05) is 51.2 Å². The fourth-order valence-electron chi connectivity index (χ4n) is 10.3. The Morgan fingerprint density at radius 1 is 0.690 bits per heavy atom. The second kappa shape index (κ2) is 26.7. The second-order valence-corrected chi connectivity index (χ2v) is 23.2. The average Bonchev–Trinajstić information content (AvgIpc) is 2.59. The SMILES string of the molecule is [C-]#[N+]CCOP(=S)(OC[C@H]1O[C@@H](n2ccc3c(NC(=O)c4ccccc4)ncnc32)[C@H](F)[C@@H]1O[P+](=O)O)O[C@H]1[C@@H](F)[C@H](n2cnc3c(NC(=O)c4ccccc4)ncnc32)O[C@@H]1COC(c1ccccc1)(c1ccc(OC)cc1)c1ccc(OC)cc1. The fraction of sp³-hybridized carbons (Fsp3) is 0.254. The molecule has 28 heteroatoms. The van der Waals surface area contributed by atoms with Crippen LogP contribution < -0.4 is 20.1 Å². The molecule has 9 aromatic rings. The third-order valence-corrected chi connectivity index (χ3v) is 17.2. The molecule has 2 saturated heterocycles. The summed E-state index contributed by atoms with van der Waals surface area (Å²) in [6, 6.07) is 42.1. The number of amides is 2. The van der Waals surface area contributed by atoms with Crippen molar-refractivity contribution in [3.8, 4) is 11.5 Å². The molecule has 0 spiro atoms. The number of carbonyl (C=O) groups excluding carboxylic acids is 2. The Morgan fingerprint density at radius 2 is 1.22 bits per heavy atom. The van der Waals surface area contributed by atoms with Crippen LogP contribution in [0.3, 0.4) is 0 Å². The van der Waals surface area contributed by atoms with E-state index in [9.17, 15) is 19.0 Å². The number of aromatic nitrogens is 7. The zero-order valence-corrected chi connectivity index (χ0v) is 48.7. The largest absolute Gasteiger partial charge is 0.695 e. The van der Waals surface area contributed by atoms with Crippen molar-refractivity contribution >= 4 is 72.4 Å². The van der Waals surface area contributed by atoms with Crippen LogP contribution in [0, 0.1) is 6.57 Å². The van der Waals surface area contributed by atoms with E-state index in [4.69, 9.17) is 60.2 Å². The number of carbonyl (C=O) groups is 2. The Bertz CT molecular complexity index is 3940.